The van der Waals surface area contributed by atoms with Crippen molar-refractivity contribution in [1.29, 1.82) is 0 Å². The first-order valence-electron chi connectivity index (χ1n) is 7.27. The van der Waals surface area contributed by atoms with E-state index in [-0.39, 0.29) is 6.03 Å². The molecule has 4 nitrogen and oxygen atoms in total. The molecule has 2 aliphatic carbocycles. The van der Waals surface area contributed by atoms with Gasteiger partial charge < -0.3 is 15.4 Å². The smallest absolute Gasteiger partial charge is 0.315 e. The molecule has 2 saturated carbocycles. The van der Waals surface area contributed by atoms with Crippen molar-refractivity contribution in [3.63, 3.8) is 0 Å². The van der Waals surface area contributed by atoms with E-state index in [2.05, 4.69) is 10.6 Å². The van der Waals surface area contributed by atoms with Crippen molar-refractivity contribution in [3.8, 4) is 0 Å². The third-order valence-electron chi connectivity index (χ3n) is 4.36. The van der Waals surface area contributed by atoms with Crippen LogP contribution in [0.1, 0.15) is 51.4 Å². The number of hydrogen-bond acceptors (Lipinski definition) is 2. The highest BCUT2D eigenvalue weighted by molar-refractivity contribution is 5.74. The standard InChI is InChI=1S/C14H26N2O2/c1-18-10-9-14(7-8-14)11-15-13(17)16-12-5-3-2-4-6-12/h12H,2-11H2,1H3,(H2,15,16,17). The molecule has 4 heteroatoms. The molecule has 2 aliphatic rings. The van der Waals surface area contributed by atoms with Gasteiger partial charge in [-0.1, -0.05) is 19.3 Å². The Morgan fingerprint density at radius 2 is 2.00 bits per heavy atom. The second kappa shape index (κ2) is 6.41. The van der Waals surface area contributed by atoms with Crippen LogP contribution in [0.15, 0.2) is 0 Å². The Hall–Kier alpha value is -0.770. The minimum atomic E-state index is 0.0191. The molecular weight excluding hydrogens is 228 g/mol. The molecule has 0 aromatic heterocycles. The monoisotopic (exact) mass is 254 g/mol. The topological polar surface area (TPSA) is 50.4 Å². The predicted octanol–water partition coefficient (Wildman–Crippen LogP) is 2.43. The third kappa shape index (κ3) is 4.16. The van der Waals surface area contributed by atoms with E-state index >= 15 is 0 Å². The van der Waals surface area contributed by atoms with Gasteiger partial charge in [0.2, 0.25) is 0 Å². The van der Waals surface area contributed by atoms with Gasteiger partial charge in [-0.15, -0.1) is 0 Å². The molecule has 2 amide bonds. The summed E-state index contributed by atoms with van der Waals surface area (Å²) in [5.41, 5.74) is 0.333. The lowest BCUT2D eigenvalue weighted by Crippen LogP contribution is -2.44. The van der Waals surface area contributed by atoms with Gasteiger partial charge in [0.05, 0.1) is 0 Å². The number of amides is 2. The van der Waals surface area contributed by atoms with Gasteiger partial charge in [-0.05, 0) is 37.5 Å². The number of methoxy groups -OCH3 is 1. The number of urea groups is 1. The first-order valence-corrected chi connectivity index (χ1v) is 7.27. The van der Waals surface area contributed by atoms with Gasteiger partial charge in [-0.25, -0.2) is 4.79 Å². The summed E-state index contributed by atoms with van der Waals surface area (Å²) in [6.45, 7) is 1.60. The van der Waals surface area contributed by atoms with Gasteiger partial charge in [0.15, 0.2) is 0 Å². The Kier molecular flexibility index (Phi) is 4.87. The van der Waals surface area contributed by atoms with Gasteiger partial charge in [-0.3, -0.25) is 0 Å². The van der Waals surface area contributed by atoms with Crippen molar-refractivity contribution in [3.05, 3.63) is 0 Å². The first kappa shape index (κ1) is 13.7. The summed E-state index contributed by atoms with van der Waals surface area (Å²) in [6, 6.07) is 0.415. The zero-order chi connectivity index (χ0) is 12.8. The van der Waals surface area contributed by atoms with E-state index < -0.39 is 0 Å². The summed E-state index contributed by atoms with van der Waals surface area (Å²) in [6.07, 6.45) is 9.61. The summed E-state index contributed by atoms with van der Waals surface area (Å²) in [4.78, 5) is 11.8. The van der Waals surface area contributed by atoms with E-state index in [1.54, 1.807) is 7.11 Å². The quantitative estimate of drug-likeness (QED) is 0.765. The van der Waals surface area contributed by atoms with E-state index in [1.165, 1.54) is 32.1 Å². The van der Waals surface area contributed by atoms with E-state index in [9.17, 15) is 4.79 Å². The second-order valence-corrected chi connectivity index (χ2v) is 5.90. The molecular formula is C14H26N2O2. The number of ether oxygens (including phenoxy) is 1. The molecule has 0 heterocycles. The van der Waals surface area contributed by atoms with E-state index in [0.29, 0.717) is 11.5 Å². The molecule has 0 atom stereocenters. The van der Waals surface area contributed by atoms with Crippen LogP contribution < -0.4 is 10.6 Å². The van der Waals surface area contributed by atoms with Crippen molar-refractivity contribution in [2.24, 2.45) is 5.41 Å². The zero-order valence-corrected chi connectivity index (χ0v) is 11.5. The van der Waals surface area contributed by atoms with Crippen LogP contribution >= 0.6 is 0 Å². The molecule has 18 heavy (non-hydrogen) atoms. The highest BCUT2D eigenvalue weighted by Gasteiger charge is 2.42. The fraction of sp³-hybridized carbons (Fsp3) is 0.929. The molecule has 0 aliphatic heterocycles. The molecule has 0 bridgehead atoms. The largest absolute Gasteiger partial charge is 0.385 e. The Labute approximate surface area is 110 Å². The van der Waals surface area contributed by atoms with Gasteiger partial charge in [0.1, 0.15) is 0 Å². The molecule has 2 N–H and O–H groups in total. The van der Waals surface area contributed by atoms with Crippen molar-refractivity contribution in [2.75, 3.05) is 20.3 Å². The Morgan fingerprint density at radius 1 is 1.28 bits per heavy atom. The summed E-state index contributed by atoms with van der Waals surface area (Å²) in [5, 5.41) is 6.13. The highest BCUT2D eigenvalue weighted by atomic mass is 16.5. The molecule has 0 aromatic rings. The van der Waals surface area contributed by atoms with Crippen LogP contribution in [0.3, 0.4) is 0 Å². The van der Waals surface area contributed by atoms with E-state index in [1.807, 2.05) is 0 Å². The highest BCUT2D eigenvalue weighted by Crippen LogP contribution is 2.48. The van der Waals surface area contributed by atoms with Crippen LogP contribution in [0.4, 0.5) is 4.79 Å². The zero-order valence-electron chi connectivity index (χ0n) is 11.5. The van der Waals surface area contributed by atoms with E-state index in [0.717, 1.165) is 32.4 Å². The van der Waals surface area contributed by atoms with Gasteiger partial charge >= 0.3 is 6.03 Å². The fourth-order valence-corrected chi connectivity index (χ4v) is 2.76. The lowest BCUT2D eigenvalue weighted by atomic mass is 9.96. The maximum absolute atomic E-state index is 11.8. The minimum Gasteiger partial charge on any atom is -0.385 e. The van der Waals surface area contributed by atoms with Crippen molar-refractivity contribution >= 4 is 6.03 Å². The van der Waals surface area contributed by atoms with Crippen LogP contribution in [-0.4, -0.2) is 32.3 Å². The number of carbonyl (C=O) groups is 1. The Morgan fingerprint density at radius 3 is 2.61 bits per heavy atom. The fourth-order valence-electron chi connectivity index (χ4n) is 2.76. The molecule has 2 fully saturated rings. The van der Waals surface area contributed by atoms with Crippen LogP contribution in [-0.2, 0) is 4.74 Å². The average molecular weight is 254 g/mol. The number of rotatable bonds is 6. The van der Waals surface area contributed by atoms with Gasteiger partial charge in [0.25, 0.3) is 0 Å². The SMILES string of the molecule is COCCC1(CNC(=O)NC2CCCCC2)CC1. The third-order valence-corrected chi connectivity index (χ3v) is 4.36. The molecule has 0 saturated heterocycles. The van der Waals surface area contributed by atoms with Gasteiger partial charge in [-0.2, -0.15) is 0 Å². The molecule has 0 unspecified atom stereocenters. The summed E-state index contributed by atoms with van der Waals surface area (Å²) < 4.78 is 5.12. The predicted molar refractivity (Wildman–Crippen MR) is 71.6 cm³/mol. The molecule has 0 spiro atoms. The minimum absolute atomic E-state index is 0.0191. The van der Waals surface area contributed by atoms with Crippen molar-refractivity contribution in [2.45, 2.75) is 57.4 Å². The van der Waals surface area contributed by atoms with Gasteiger partial charge in [0, 0.05) is 26.3 Å². The lowest BCUT2D eigenvalue weighted by Gasteiger charge is -2.23. The Bertz CT molecular complexity index is 271. The van der Waals surface area contributed by atoms with Crippen molar-refractivity contribution < 1.29 is 9.53 Å². The van der Waals surface area contributed by atoms with E-state index in [4.69, 9.17) is 4.74 Å². The lowest BCUT2D eigenvalue weighted by molar-refractivity contribution is 0.170. The van der Waals surface area contributed by atoms with Crippen LogP contribution in [0.2, 0.25) is 0 Å². The summed E-state index contributed by atoms with van der Waals surface area (Å²) >= 11 is 0. The van der Waals surface area contributed by atoms with Crippen LogP contribution in [0, 0.1) is 5.41 Å². The molecule has 0 aromatic carbocycles. The molecule has 0 radical (unpaired) electrons. The number of hydrogen-bond donors (Lipinski definition) is 2. The number of nitrogens with one attached hydrogen (secondary N) is 2. The van der Waals surface area contributed by atoms with Crippen molar-refractivity contribution in [1.82, 2.24) is 10.6 Å². The maximum atomic E-state index is 11.8. The normalized spacial score (nSPS) is 22.5. The Balaban J connectivity index is 1.62. The average Bonchev–Trinajstić information content (AvgIpc) is 3.16. The van der Waals surface area contributed by atoms with Crippen LogP contribution in [0.25, 0.3) is 0 Å². The maximum Gasteiger partial charge on any atom is 0.315 e. The first-order chi connectivity index (χ1) is 8.74. The second-order valence-electron chi connectivity index (χ2n) is 5.90. The van der Waals surface area contributed by atoms with Crippen LogP contribution in [0.5, 0.6) is 0 Å². The number of carbonyl (C=O) groups excluding carboxylic acids is 1. The molecule has 2 rings (SSSR count). The molecule has 104 valence electrons. The summed E-state index contributed by atoms with van der Waals surface area (Å²) in [7, 11) is 1.74. The summed E-state index contributed by atoms with van der Waals surface area (Å²) in [5.74, 6) is 0.